The number of hydrogen-bond acceptors (Lipinski definition) is 3. The molecule has 0 aliphatic rings. The van der Waals surface area contributed by atoms with Crippen LogP contribution in [0.25, 0.3) is 0 Å². The van der Waals surface area contributed by atoms with Crippen LogP contribution in [0.3, 0.4) is 0 Å². The molecule has 0 aromatic heterocycles. The fourth-order valence-electron chi connectivity index (χ4n) is 0.780. The molecule has 0 spiro atoms. The van der Waals surface area contributed by atoms with Gasteiger partial charge >= 0.3 is 0 Å². The first-order chi connectivity index (χ1) is 5.24. The van der Waals surface area contributed by atoms with Gasteiger partial charge in [-0.25, -0.2) is 0 Å². The molecule has 11 heavy (non-hydrogen) atoms. The zero-order chi connectivity index (χ0) is 8.27. The van der Waals surface area contributed by atoms with Gasteiger partial charge in [-0.1, -0.05) is 0 Å². The molecule has 58 valence electrons. The SMILES string of the molecule is CN=Cc1ccc(O)cc1O. The van der Waals surface area contributed by atoms with Crippen LogP contribution in [0.2, 0.25) is 0 Å². The van der Waals surface area contributed by atoms with E-state index in [1.807, 2.05) is 0 Å². The predicted octanol–water partition coefficient (Wildman–Crippen LogP) is 1.15. The highest BCUT2D eigenvalue weighted by Gasteiger charge is 1.97. The second kappa shape index (κ2) is 3.05. The molecule has 0 saturated heterocycles. The van der Waals surface area contributed by atoms with Gasteiger partial charge in [-0.2, -0.15) is 0 Å². The normalized spacial score (nSPS) is 10.6. The van der Waals surface area contributed by atoms with Crippen LogP contribution >= 0.6 is 0 Å². The predicted molar refractivity (Wildman–Crippen MR) is 43.3 cm³/mol. The van der Waals surface area contributed by atoms with Crippen LogP contribution < -0.4 is 0 Å². The van der Waals surface area contributed by atoms with Gasteiger partial charge in [-0.15, -0.1) is 0 Å². The molecule has 0 heterocycles. The summed E-state index contributed by atoms with van der Waals surface area (Å²) in [4.78, 5) is 3.73. The summed E-state index contributed by atoms with van der Waals surface area (Å²) < 4.78 is 0. The molecule has 0 bridgehead atoms. The minimum absolute atomic E-state index is 0.0376. The molecular formula is C8H9NO2. The van der Waals surface area contributed by atoms with Gasteiger partial charge in [-0.3, -0.25) is 4.99 Å². The lowest BCUT2D eigenvalue weighted by atomic mass is 10.2. The summed E-state index contributed by atoms with van der Waals surface area (Å²) in [6.45, 7) is 0. The highest BCUT2D eigenvalue weighted by Crippen LogP contribution is 2.20. The highest BCUT2D eigenvalue weighted by atomic mass is 16.3. The standard InChI is InChI=1S/C8H9NO2/c1-9-5-6-2-3-7(10)4-8(6)11/h2-5,10-11H,1H3. The van der Waals surface area contributed by atoms with Gasteiger partial charge in [0.15, 0.2) is 0 Å². The van der Waals surface area contributed by atoms with Crippen LogP contribution in [-0.2, 0) is 0 Å². The van der Waals surface area contributed by atoms with Crippen LogP contribution in [0.1, 0.15) is 5.56 Å². The second-order valence-electron chi connectivity index (χ2n) is 2.13. The Morgan fingerprint density at radius 1 is 1.36 bits per heavy atom. The van der Waals surface area contributed by atoms with Crippen LogP contribution in [0.4, 0.5) is 0 Å². The molecule has 0 fully saturated rings. The van der Waals surface area contributed by atoms with Gasteiger partial charge in [0.05, 0.1) is 0 Å². The number of aliphatic imine (C=N–C) groups is 1. The molecule has 1 rings (SSSR count). The number of nitrogens with zero attached hydrogens (tertiary/aromatic N) is 1. The molecule has 1 aromatic carbocycles. The van der Waals surface area contributed by atoms with E-state index >= 15 is 0 Å². The molecule has 1 aromatic rings. The van der Waals surface area contributed by atoms with Gasteiger partial charge in [0.25, 0.3) is 0 Å². The van der Waals surface area contributed by atoms with Crippen molar-refractivity contribution in [1.29, 1.82) is 0 Å². The maximum atomic E-state index is 9.17. The third-order valence-corrected chi connectivity index (χ3v) is 1.28. The minimum Gasteiger partial charge on any atom is -0.508 e. The number of phenols is 2. The molecule has 0 radical (unpaired) electrons. The maximum absolute atomic E-state index is 9.17. The lowest BCUT2D eigenvalue weighted by Crippen LogP contribution is -1.80. The first-order valence-electron chi connectivity index (χ1n) is 3.18. The van der Waals surface area contributed by atoms with Crippen molar-refractivity contribution in [3.05, 3.63) is 23.8 Å². The molecule has 3 heteroatoms. The first-order valence-corrected chi connectivity index (χ1v) is 3.18. The summed E-state index contributed by atoms with van der Waals surface area (Å²) in [5.41, 5.74) is 0.602. The zero-order valence-electron chi connectivity index (χ0n) is 6.15. The number of aromatic hydroxyl groups is 2. The smallest absolute Gasteiger partial charge is 0.128 e. The summed E-state index contributed by atoms with van der Waals surface area (Å²) in [6, 6.07) is 4.37. The zero-order valence-corrected chi connectivity index (χ0v) is 6.15. The van der Waals surface area contributed by atoms with Crippen molar-refractivity contribution in [2.75, 3.05) is 7.05 Å². The Balaban J connectivity index is 3.09. The Kier molecular flexibility index (Phi) is 2.11. The van der Waals surface area contributed by atoms with Crippen LogP contribution in [0, 0.1) is 0 Å². The van der Waals surface area contributed by atoms with E-state index in [1.54, 1.807) is 13.1 Å². The average molecular weight is 151 g/mol. The van der Waals surface area contributed by atoms with Crippen LogP contribution in [0.5, 0.6) is 11.5 Å². The maximum Gasteiger partial charge on any atom is 0.128 e. The highest BCUT2D eigenvalue weighted by molar-refractivity contribution is 5.83. The van der Waals surface area contributed by atoms with Gasteiger partial charge in [-0.05, 0) is 12.1 Å². The van der Waals surface area contributed by atoms with Crippen molar-refractivity contribution in [2.45, 2.75) is 0 Å². The van der Waals surface area contributed by atoms with E-state index in [1.165, 1.54) is 18.3 Å². The van der Waals surface area contributed by atoms with Gasteiger partial charge in [0.1, 0.15) is 11.5 Å². The largest absolute Gasteiger partial charge is 0.508 e. The molecule has 2 N–H and O–H groups in total. The second-order valence-corrected chi connectivity index (χ2v) is 2.13. The van der Waals surface area contributed by atoms with Gasteiger partial charge in [0, 0.05) is 24.9 Å². The Hall–Kier alpha value is -1.51. The molecule has 0 saturated carbocycles. The lowest BCUT2D eigenvalue weighted by molar-refractivity contribution is 0.450. The molecule has 0 amide bonds. The summed E-state index contributed by atoms with van der Waals surface area (Å²) in [6.07, 6.45) is 1.52. The van der Waals surface area contributed by atoms with E-state index in [0.717, 1.165) is 0 Å². The van der Waals surface area contributed by atoms with Crippen molar-refractivity contribution in [3.8, 4) is 11.5 Å². The topological polar surface area (TPSA) is 52.8 Å². The third-order valence-electron chi connectivity index (χ3n) is 1.28. The average Bonchev–Trinajstić information content (AvgIpc) is 1.95. The minimum atomic E-state index is 0.0376. The third kappa shape index (κ3) is 1.70. The van der Waals surface area contributed by atoms with E-state index in [9.17, 15) is 5.11 Å². The number of benzene rings is 1. The summed E-state index contributed by atoms with van der Waals surface area (Å²) >= 11 is 0. The first kappa shape index (κ1) is 7.60. The van der Waals surface area contributed by atoms with Gasteiger partial charge < -0.3 is 10.2 Å². The van der Waals surface area contributed by atoms with E-state index in [4.69, 9.17) is 5.11 Å². The molecule has 3 nitrogen and oxygen atoms in total. The fraction of sp³-hybridized carbons (Fsp3) is 0.125. The van der Waals surface area contributed by atoms with Gasteiger partial charge in [0.2, 0.25) is 0 Å². The molecule has 0 aliphatic heterocycles. The number of hydrogen-bond donors (Lipinski definition) is 2. The fourth-order valence-corrected chi connectivity index (χ4v) is 0.780. The summed E-state index contributed by atoms with van der Waals surface area (Å²) in [5, 5.41) is 18.1. The van der Waals surface area contributed by atoms with E-state index in [2.05, 4.69) is 4.99 Å². The lowest BCUT2D eigenvalue weighted by Gasteiger charge is -1.97. The van der Waals surface area contributed by atoms with Crippen molar-refractivity contribution in [3.63, 3.8) is 0 Å². The monoisotopic (exact) mass is 151 g/mol. The van der Waals surface area contributed by atoms with E-state index < -0.39 is 0 Å². The molecule has 0 unspecified atom stereocenters. The van der Waals surface area contributed by atoms with E-state index in [-0.39, 0.29) is 11.5 Å². The molecule has 0 atom stereocenters. The van der Waals surface area contributed by atoms with Crippen molar-refractivity contribution in [1.82, 2.24) is 0 Å². The van der Waals surface area contributed by atoms with E-state index in [0.29, 0.717) is 5.56 Å². The number of rotatable bonds is 1. The Morgan fingerprint density at radius 3 is 2.64 bits per heavy atom. The molecule has 0 aliphatic carbocycles. The van der Waals surface area contributed by atoms with Crippen molar-refractivity contribution < 1.29 is 10.2 Å². The molecular weight excluding hydrogens is 142 g/mol. The van der Waals surface area contributed by atoms with Crippen molar-refractivity contribution >= 4 is 6.21 Å². The van der Waals surface area contributed by atoms with Crippen LogP contribution in [-0.4, -0.2) is 23.5 Å². The Bertz CT molecular complexity index is 281. The summed E-state index contributed by atoms with van der Waals surface area (Å²) in [5.74, 6) is 0.0892. The Morgan fingerprint density at radius 2 is 2.09 bits per heavy atom. The van der Waals surface area contributed by atoms with Crippen LogP contribution in [0.15, 0.2) is 23.2 Å². The number of phenolic OH excluding ortho intramolecular Hbond substituents is 2. The Labute approximate surface area is 64.6 Å². The quantitative estimate of drug-likeness (QED) is 0.591. The summed E-state index contributed by atoms with van der Waals surface area (Å²) in [7, 11) is 1.62. The van der Waals surface area contributed by atoms with Crippen molar-refractivity contribution in [2.24, 2.45) is 4.99 Å².